The molecule has 0 saturated heterocycles. The van der Waals surface area contributed by atoms with Crippen LogP contribution in [0.25, 0.3) is 0 Å². The maximum absolute atomic E-state index is 12.5. The number of ether oxygens (including phenoxy) is 1. The Morgan fingerprint density at radius 3 is 2.25 bits per heavy atom. The second-order valence-electron chi connectivity index (χ2n) is 6.76. The van der Waals surface area contributed by atoms with Crippen LogP contribution in [0.3, 0.4) is 0 Å². The van der Waals surface area contributed by atoms with Crippen LogP contribution in [0.1, 0.15) is 73.3 Å². The van der Waals surface area contributed by atoms with Crippen LogP contribution in [0.2, 0.25) is 0 Å². The van der Waals surface area contributed by atoms with Gasteiger partial charge in [0.1, 0.15) is 0 Å². The van der Waals surface area contributed by atoms with Gasteiger partial charge in [-0.3, -0.25) is 0 Å². The number of aromatic nitrogens is 4. The zero-order chi connectivity index (χ0) is 20.1. The van der Waals surface area contributed by atoms with Gasteiger partial charge < -0.3 is 13.8 Å². The Bertz CT molecular complexity index is 935. The monoisotopic (exact) mass is 402 g/mol. The van der Waals surface area contributed by atoms with E-state index in [1.165, 1.54) is 11.8 Å². The van der Waals surface area contributed by atoms with E-state index in [-0.39, 0.29) is 24.3 Å². The molecule has 3 aromatic rings. The third-order valence-electron chi connectivity index (χ3n) is 3.79. The van der Waals surface area contributed by atoms with Crippen LogP contribution in [0.15, 0.2) is 38.2 Å². The summed E-state index contributed by atoms with van der Waals surface area (Å²) in [6.45, 7) is 7.85. The van der Waals surface area contributed by atoms with Crippen molar-refractivity contribution in [3.8, 4) is 0 Å². The maximum Gasteiger partial charge on any atom is 0.339 e. The van der Waals surface area contributed by atoms with Crippen LogP contribution in [-0.2, 0) is 17.1 Å². The Morgan fingerprint density at radius 1 is 1.00 bits per heavy atom. The SMILES string of the molecule is CC(C)c1noc(COC(=O)c2ccccc2SCc2nc(C(C)C)no2)n1. The molecule has 1 aromatic carbocycles. The molecule has 0 atom stereocenters. The fraction of sp³-hybridized carbons (Fsp3) is 0.421. The van der Waals surface area contributed by atoms with Crippen LogP contribution in [0, 0.1) is 0 Å². The third-order valence-corrected chi connectivity index (χ3v) is 4.84. The van der Waals surface area contributed by atoms with Gasteiger partial charge in [-0.1, -0.05) is 50.1 Å². The molecule has 0 bridgehead atoms. The van der Waals surface area contributed by atoms with Crippen molar-refractivity contribution in [2.45, 2.75) is 56.8 Å². The Labute approximate surface area is 167 Å². The Balaban J connectivity index is 1.62. The molecule has 0 aliphatic heterocycles. The summed E-state index contributed by atoms with van der Waals surface area (Å²) < 4.78 is 15.7. The summed E-state index contributed by atoms with van der Waals surface area (Å²) in [5.74, 6) is 2.40. The van der Waals surface area contributed by atoms with Gasteiger partial charge >= 0.3 is 5.97 Å². The average molecular weight is 402 g/mol. The van der Waals surface area contributed by atoms with Gasteiger partial charge in [-0.25, -0.2) is 4.79 Å². The largest absolute Gasteiger partial charge is 0.452 e. The van der Waals surface area contributed by atoms with Crippen molar-refractivity contribution >= 4 is 17.7 Å². The highest BCUT2D eigenvalue weighted by atomic mass is 32.2. The Morgan fingerprint density at radius 2 is 1.61 bits per heavy atom. The van der Waals surface area contributed by atoms with E-state index < -0.39 is 5.97 Å². The summed E-state index contributed by atoms with van der Waals surface area (Å²) in [6, 6.07) is 7.21. The third kappa shape index (κ3) is 4.98. The van der Waals surface area contributed by atoms with Crippen molar-refractivity contribution in [2.24, 2.45) is 0 Å². The van der Waals surface area contributed by atoms with Crippen molar-refractivity contribution in [2.75, 3.05) is 0 Å². The minimum absolute atomic E-state index is 0.0705. The lowest BCUT2D eigenvalue weighted by Crippen LogP contribution is -2.07. The number of esters is 1. The minimum Gasteiger partial charge on any atom is -0.452 e. The molecule has 0 spiro atoms. The molecule has 2 heterocycles. The molecule has 0 aliphatic rings. The van der Waals surface area contributed by atoms with Crippen LogP contribution in [-0.4, -0.2) is 26.3 Å². The maximum atomic E-state index is 12.5. The molecule has 3 rings (SSSR count). The first-order valence-electron chi connectivity index (χ1n) is 8.98. The normalized spacial score (nSPS) is 11.4. The molecule has 0 radical (unpaired) electrons. The number of hydrogen-bond acceptors (Lipinski definition) is 9. The lowest BCUT2D eigenvalue weighted by atomic mass is 10.2. The molecule has 0 aliphatic carbocycles. The highest BCUT2D eigenvalue weighted by Crippen LogP contribution is 2.27. The summed E-state index contributed by atoms with van der Waals surface area (Å²) in [4.78, 5) is 21.8. The van der Waals surface area contributed by atoms with Gasteiger partial charge in [-0.2, -0.15) is 9.97 Å². The van der Waals surface area contributed by atoms with Crippen molar-refractivity contribution < 1.29 is 18.6 Å². The highest BCUT2D eigenvalue weighted by molar-refractivity contribution is 7.98. The molecular formula is C19H22N4O4S. The average Bonchev–Trinajstić information content (AvgIpc) is 3.34. The summed E-state index contributed by atoms with van der Waals surface area (Å²) in [5.41, 5.74) is 0.458. The van der Waals surface area contributed by atoms with E-state index >= 15 is 0 Å². The minimum atomic E-state index is -0.458. The molecule has 28 heavy (non-hydrogen) atoms. The van der Waals surface area contributed by atoms with Gasteiger partial charge in [0.25, 0.3) is 5.89 Å². The molecule has 0 fully saturated rings. The predicted molar refractivity (Wildman–Crippen MR) is 102 cm³/mol. The molecule has 0 N–H and O–H groups in total. The van der Waals surface area contributed by atoms with E-state index in [0.29, 0.717) is 28.9 Å². The summed E-state index contributed by atoms with van der Waals surface area (Å²) in [6.07, 6.45) is 0. The summed E-state index contributed by atoms with van der Waals surface area (Å²) in [7, 11) is 0. The first-order valence-corrected chi connectivity index (χ1v) is 9.96. The van der Waals surface area contributed by atoms with E-state index in [1.54, 1.807) is 12.1 Å². The predicted octanol–water partition coefficient (Wildman–Crippen LogP) is 4.35. The van der Waals surface area contributed by atoms with Crippen molar-refractivity contribution in [1.82, 2.24) is 20.3 Å². The number of nitrogens with zero attached hydrogens (tertiary/aromatic N) is 4. The topological polar surface area (TPSA) is 104 Å². The summed E-state index contributed by atoms with van der Waals surface area (Å²) >= 11 is 1.43. The van der Waals surface area contributed by atoms with Crippen LogP contribution < -0.4 is 0 Å². The van der Waals surface area contributed by atoms with E-state index in [4.69, 9.17) is 13.8 Å². The van der Waals surface area contributed by atoms with Crippen molar-refractivity contribution in [3.63, 3.8) is 0 Å². The fourth-order valence-corrected chi connectivity index (χ4v) is 3.11. The van der Waals surface area contributed by atoms with E-state index in [0.717, 1.165) is 4.90 Å². The molecule has 0 amide bonds. The van der Waals surface area contributed by atoms with Gasteiger partial charge in [0.15, 0.2) is 18.3 Å². The highest BCUT2D eigenvalue weighted by Gasteiger charge is 2.17. The molecular weight excluding hydrogens is 380 g/mol. The van der Waals surface area contributed by atoms with Crippen LogP contribution in [0.4, 0.5) is 0 Å². The molecule has 9 heteroatoms. The van der Waals surface area contributed by atoms with Crippen molar-refractivity contribution in [1.29, 1.82) is 0 Å². The first-order chi connectivity index (χ1) is 13.4. The Hall–Kier alpha value is -2.68. The molecule has 148 valence electrons. The van der Waals surface area contributed by atoms with Crippen molar-refractivity contribution in [3.05, 3.63) is 53.3 Å². The smallest absolute Gasteiger partial charge is 0.339 e. The number of benzene rings is 1. The second kappa shape index (κ2) is 9.01. The van der Waals surface area contributed by atoms with Gasteiger partial charge in [0.05, 0.1) is 11.3 Å². The number of carbonyl (C=O) groups excluding carboxylic acids is 1. The zero-order valence-electron chi connectivity index (χ0n) is 16.2. The van der Waals surface area contributed by atoms with Crippen LogP contribution in [0.5, 0.6) is 0 Å². The zero-order valence-corrected chi connectivity index (χ0v) is 17.0. The lowest BCUT2D eigenvalue weighted by Gasteiger charge is -2.07. The van der Waals surface area contributed by atoms with E-state index in [2.05, 4.69) is 20.3 Å². The Kier molecular flexibility index (Phi) is 6.45. The second-order valence-corrected chi connectivity index (χ2v) is 7.78. The van der Waals surface area contributed by atoms with E-state index in [9.17, 15) is 4.79 Å². The number of thioether (sulfide) groups is 1. The van der Waals surface area contributed by atoms with Crippen LogP contribution >= 0.6 is 11.8 Å². The lowest BCUT2D eigenvalue weighted by molar-refractivity contribution is 0.0425. The van der Waals surface area contributed by atoms with Gasteiger partial charge in [0.2, 0.25) is 5.89 Å². The molecule has 0 saturated carbocycles. The van der Waals surface area contributed by atoms with Gasteiger partial charge in [-0.15, -0.1) is 11.8 Å². The standard InChI is InChI=1S/C19H22N4O4S/c1-11(2)17-20-15(26-22-17)9-25-19(24)13-7-5-6-8-14(13)28-10-16-21-18(12(3)4)23-27-16/h5-8,11-12H,9-10H2,1-4H3. The number of rotatable bonds is 8. The number of hydrogen-bond donors (Lipinski definition) is 0. The fourth-order valence-electron chi connectivity index (χ4n) is 2.23. The molecule has 2 aromatic heterocycles. The first kappa shape index (κ1) is 20.1. The van der Waals surface area contributed by atoms with Gasteiger partial charge in [-0.05, 0) is 12.1 Å². The molecule has 8 nitrogen and oxygen atoms in total. The van der Waals surface area contributed by atoms with E-state index in [1.807, 2.05) is 39.8 Å². The summed E-state index contributed by atoms with van der Waals surface area (Å²) in [5, 5.41) is 7.80. The molecule has 0 unspecified atom stereocenters. The van der Waals surface area contributed by atoms with Gasteiger partial charge in [0, 0.05) is 16.7 Å². The quantitative estimate of drug-likeness (QED) is 0.401. The number of carbonyl (C=O) groups is 1.